The Bertz CT molecular complexity index is 783. The summed E-state index contributed by atoms with van der Waals surface area (Å²) in [5.74, 6) is 0.500. The number of anilines is 1. The average molecular weight is 370 g/mol. The first-order chi connectivity index (χ1) is 12.7. The summed E-state index contributed by atoms with van der Waals surface area (Å²) in [4.78, 5) is 12.2. The molecule has 0 unspecified atom stereocenters. The Kier molecular flexibility index (Phi) is 5.40. The van der Waals surface area contributed by atoms with Crippen molar-refractivity contribution in [1.29, 1.82) is 0 Å². The van der Waals surface area contributed by atoms with Gasteiger partial charge in [-0.15, -0.1) is 0 Å². The second kappa shape index (κ2) is 7.44. The molecule has 146 valence electrons. The van der Waals surface area contributed by atoms with E-state index < -0.39 is 6.04 Å². The molecule has 1 aliphatic heterocycles. The molecule has 6 heteroatoms. The van der Waals surface area contributed by atoms with Gasteiger partial charge in [0.1, 0.15) is 5.82 Å². The van der Waals surface area contributed by atoms with E-state index in [1.807, 2.05) is 16.8 Å². The first kappa shape index (κ1) is 19.6. The van der Waals surface area contributed by atoms with Gasteiger partial charge in [0, 0.05) is 11.5 Å². The minimum absolute atomic E-state index is 0.156. The lowest BCUT2D eigenvalue weighted by Gasteiger charge is -2.37. The van der Waals surface area contributed by atoms with Gasteiger partial charge in [0.05, 0.1) is 17.3 Å². The van der Waals surface area contributed by atoms with E-state index in [0.717, 1.165) is 31.6 Å². The van der Waals surface area contributed by atoms with Gasteiger partial charge in [-0.2, -0.15) is 5.10 Å². The predicted molar refractivity (Wildman–Crippen MR) is 109 cm³/mol. The van der Waals surface area contributed by atoms with Crippen LogP contribution in [0, 0.1) is 0 Å². The van der Waals surface area contributed by atoms with Gasteiger partial charge in [0.25, 0.3) is 0 Å². The summed E-state index contributed by atoms with van der Waals surface area (Å²) in [7, 11) is 0. The number of nitrogens with zero attached hydrogens (tertiary/aromatic N) is 2. The first-order valence-electron chi connectivity index (χ1n) is 9.68. The molecule has 0 radical (unpaired) electrons. The third-order valence-electron chi connectivity index (χ3n) is 5.28. The third kappa shape index (κ3) is 3.92. The highest BCUT2D eigenvalue weighted by molar-refractivity contribution is 5.93. The molecule has 2 aromatic rings. The molecule has 27 heavy (non-hydrogen) atoms. The van der Waals surface area contributed by atoms with Crippen molar-refractivity contribution in [3.05, 3.63) is 47.7 Å². The highest BCUT2D eigenvalue weighted by Gasteiger charge is 2.39. The highest BCUT2D eigenvalue weighted by atomic mass is 16.2. The van der Waals surface area contributed by atoms with Crippen LogP contribution in [-0.2, 0) is 15.7 Å². The number of hydrogen-bond acceptors (Lipinski definition) is 4. The van der Waals surface area contributed by atoms with Crippen LogP contribution < -0.4 is 16.4 Å². The standard InChI is InChI=1S/C21H31N5O/c1-15(22)19(27)24-18-14-17(25-26(18)20(2,3)4)21(10-12-23-13-11-21)16-8-6-5-7-9-16/h5-9,14-15,23H,10-13,22H2,1-4H3,(H,24,27)/t15-/m0/s1. The van der Waals surface area contributed by atoms with Crippen LogP contribution >= 0.6 is 0 Å². The van der Waals surface area contributed by atoms with Crippen molar-refractivity contribution in [2.45, 2.75) is 57.5 Å². The minimum Gasteiger partial charge on any atom is -0.320 e. The number of piperidine rings is 1. The van der Waals surface area contributed by atoms with Crippen LogP contribution in [0.4, 0.5) is 5.82 Å². The second-order valence-corrected chi connectivity index (χ2v) is 8.47. The van der Waals surface area contributed by atoms with E-state index in [1.165, 1.54) is 5.56 Å². The topological polar surface area (TPSA) is 85.0 Å². The number of carbonyl (C=O) groups excluding carboxylic acids is 1. The molecular weight excluding hydrogens is 338 g/mol. The van der Waals surface area contributed by atoms with E-state index >= 15 is 0 Å². The van der Waals surface area contributed by atoms with Gasteiger partial charge in [-0.3, -0.25) is 4.79 Å². The van der Waals surface area contributed by atoms with Crippen molar-refractivity contribution in [3.63, 3.8) is 0 Å². The molecule has 1 amide bonds. The van der Waals surface area contributed by atoms with Crippen LogP contribution in [0.25, 0.3) is 0 Å². The summed E-state index contributed by atoms with van der Waals surface area (Å²) in [5, 5.41) is 11.4. The van der Waals surface area contributed by atoms with E-state index in [2.05, 4.69) is 55.7 Å². The fraction of sp³-hybridized carbons (Fsp3) is 0.524. The monoisotopic (exact) mass is 369 g/mol. The average Bonchev–Trinajstić information content (AvgIpc) is 3.07. The molecule has 4 N–H and O–H groups in total. The smallest absolute Gasteiger partial charge is 0.242 e. The number of carbonyl (C=O) groups is 1. The minimum atomic E-state index is -0.571. The molecule has 1 fully saturated rings. The van der Waals surface area contributed by atoms with Gasteiger partial charge >= 0.3 is 0 Å². The van der Waals surface area contributed by atoms with E-state index in [9.17, 15) is 4.79 Å². The van der Waals surface area contributed by atoms with Crippen molar-refractivity contribution in [1.82, 2.24) is 15.1 Å². The molecule has 1 aromatic heterocycles. The number of benzene rings is 1. The fourth-order valence-electron chi connectivity index (χ4n) is 3.76. The number of aromatic nitrogens is 2. The lowest BCUT2D eigenvalue weighted by molar-refractivity contribution is -0.117. The second-order valence-electron chi connectivity index (χ2n) is 8.47. The van der Waals surface area contributed by atoms with Gasteiger partial charge in [0.15, 0.2) is 0 Å². The summed E-state index contributed by atoms with van der Waals surface area (Å²) in [6.07, 6.45) is 1.94. The number of nitrogens with two attached hydrogens (primary N) is 1. The molecule has 0 bridgehead atoms. The van der Waals surface area contributed by atoms with Gasteiger partial charge in [0.2, 0.25) is 5.91 Å². The maximum Gasteiger partial charge on any atom is 0.242 e. The maximum absolute atomic E-state index is 12.2. The fourth-order valence-corrected chi connectivity index (χ4v) is 3.76. The van der Waals surface area contributed by atoms with Crippen molar-refractivity contribution in [3.8, 4) is 0 Å². The Morgan fingerprint density at radius 2 is 1.89 bits per heavy atom. The molecule has 1 aliphatic rings. The Hall–Kier alpha value is -2.18. The molecular formula is C21H31N5O. The summed E-state index contributed by atoms with van der Waals surface area (Å²) in [6, 6.07) is 12.0. The zero-order valence-electron chi connectivity index (χ0n) is 16.7. The Labute approximate surface area is 161 Å². The van der Waals surface area contributed by atoms with Crippen molar-refractivity contribution in [2.24, 2.45) is 5.73 Å². The molecule has 1 saturated heterocycles. The number of nitrogens with one attached hydrogen (secondary N) is 2. The van der Waals surface area contributed by atoms with Crippen LogP contribution in [0.5, 0.6) is 0 Å². The summed E-state index contributed by atoms with van der Waals surface area (Å²) in [6.45, 7) is 9.83. The van der Waals surface area contributed by atoms with E-state index in [-0.39, 0.29) is 16.9 Å². The third-order valence-corrected chi connectivity index (χ3v) is 5.28. The van der Waals surface area contributed by atoms with E-state index in [4.69, 9.17) is 10.8 Å². The summed E-state index contributed by atoms with van der Waals surface area (Å²) in [5.41, 5.74) is 7.62. The molecule has 1 aromatic carbocycles. The lowest BCUT2D eigenvalue weighted by atomic mass is 9.71. The van der Waals surface area contributed by atoms with E-state index in [1.54, 1.807) is 6.92 Å². The SMILES string of the molecule is C[C@H](N)C(=O)Nc1cc(C2(c3ccccc3)CCNCC2)nn1C(C)(C)C. The van der Waals surface area contributed by atoms with Crippen molar-refractivity contribution < 1.29 is 4.79 Å². The lowest BCUT2D eigenvalue weighted by Crippen LogP contribution is -2.41. The van der Waals surface area contributed by atoms with Crippen LogP contribution in [-0.4, -0.2) is 34.8 Å². The van der Waals surface area contributed by atoms with Gasteiger partial charge in [-0.1, -0.05) is 30.3 Å². The zero-order chi connectivity index (χ0) is 19.7. The molecule has 3 rings (SSSR count). The zero-order valence-corrected chi connectivity index (χ0v) is 16.7. The molecule has 0 aliphatic carbocycles. The van der Waals surface area contributed by atoms with E-state index in [0.29, 0.717) is 5.82 Å². The molecule has 2 heterocycles. The normalized spacial score (nSPS) is 18.1. The largest absolute Gasteiger partial charge is 0.320 e. The Morgan fingerprint density at radius 3 is 2.44 bits per heavy atom. The van der Waals surface area contributed by atoms with Gasteiger partial charge in [-0.05, 0) is 59.2 Å². The van der Waals surface area contributed by atoms with Crippen LogP contribution in [0.1, 0.15) is 51.8 Å². The Morgan fingerprint density at radius 1 is 1.26 bits per heavy atom. The Balaban J connectivity index is 2.11. The highest BCUT2D eigenvalue weighted by Crippen LogP contribution is 2.41. The van der Waals surface area contributed by atoms with Crippen molar-refractivity contribution in [2.75, 3.05) is 18.4 Å². The van der Waals surface area contributed by atoms with Gasteiger partial charge in [-0.25, -0.2) is 4.68 Å². The maximum atomic E-state index is 12.2. The van der Waals surface area contributed by atoms with Crippen molar-refractivity contribution >= 4 is 11.7 Å². The predicted octanol–water partition coefficient (Wildman–Crippen LogP) is 2.59. The van der Waals surface area contributed by atoms with Gasteiger partial charge < -0.3 is 16.4 Å². The van der Waals surface area contributed by atoms with Crippen LogP contribution in [0.3, 0.4) is 0 Å². The number of hydrogen-bond donors (Lipinski definition) is 3. The summed E-state index contributed by atoms with van der Waals surface area (Å²) >= 11 is 0. The summed E-state index contributed by atoms with van der Waals surface area (Å²) < 4.78 is 1.91. The molecule has 1 atom stereocenters. The molecule has 0 saturated carbocycles. The van der Waals surface area contributed by atoms with Crippen LogP contribution in [0.15, 0.2) is 36.4 Å². The number of amides is 1. The first-order valence-corrected chi connectivity index (χ1v) is 9.68. The number of rotatable bonds is 4. The quantitative estimate of drug-likeness (QED) is 0.773. The molecule has 0 spiro atoms. The molecule has 6 nitrogen and oxygen atoms in total. The van der Waals surface area contributed by atoms with Crippen LogP contribution in [0.2, 0.25) is 0 Å².